The van der Waals surface area contributed by atoms with E-state index in [-0.39, 0.29) is 46.3 Å². The van der Waals surface area contributed by atoms with E-state index in [1.807, 2.05) is 0 Å². The van der Waals surface area contributed by atoms with Crippen LogP contribution < -0.4 is 23.8 Å². The van der Waals surface area contributed by atoms with Crippen molar-refractivity contribution in [3.63, 3.8) is 0 Å². The molecule has 2 saturated heterocycles. The first-order valence-electron chi connectivity index (χ1n) is 18.5. The molecule has 3 aromatic carbocycles. The number of carbonyl (C=O) groups is 2. The molecule has 6 rings (SSSR count). The first-order valence-corrected chi connectivity index (χ1v) is 20.3. The molecule has 0 aliphatic carbocycles. The Bertz CT molecular complexity index is 2120. The van der Waals surface area contributed by atoms with E-state index in [1.165, 1.54) is 39.5 Å². The lowest BCUT2D eigenvalue weighted by molar-refractivity contribution is -0.953. The fourth-order valence-corrected chi connectivity index (χ4v) is 10.3. The third-order valence-electron chi connectivity index (χ3n) is 11.3. The topological polar surface area (TPSA) is 127 Å². The predicted octanol–water partition coefficient (Wildman–Crippen LogP) is 4.53. The summed E-state index contributed by atoms with van der Waals surface area (Å²) in [6.07, 6.45) is -4.98. The van der Waals surface area contributed by atoms with E-state index in [0.29, 0.717) is 16.5 Å². The molecule has 13 nitrogen and oxygen atoms in total. The number of ether oxygens (including phenoxy) is 4. The van der Waals surface area contributed by atoms with E-state index >= 15 is 4.79 Å². The van der Waals surface area contributed by atoms with Gasteiger partial charge < -0.3 is 34.1 Å². The van der Waals surface area contributed by atoms with Gasteiger partial charge >= 0.3 is 12.3 Å². The lowest BCUT2D eigenvalue weighted by Crippen LogP contribution is -2.69. The van der Waals surface area contributed by atoms with Crippen LogP contribution in [0.5, 0.6) is 17.2 Å². The molecule has 0 aromatic heterocycles. The molecule has 0 spiro atoms. The van der Waals surface area contributed by atoms with Gasteiger partial charge in [-0.05, 0) is 62.9 Å². The minimum absolute atomic E-state index is 0.0558. The van der Waals surface area contributed by atoms with E-state index < -0.39 is 61.0 Å². The second-order valence-corrected chi connectivity index (χ2v) is 17.0. The molecule has 57 heavy (non-hydrogen) atoms. The number of carbonyl (C=O) groups excluding carboxylic acids is 2. The number of likely N-dealkylation sites (N-methyl/N-ethyl adjacent to an activating group) is 3. The van der Waals surface area contributed by atoms with Crippen molar-refractivity contribution in [1.82, 2.24) is 15.1 Å². The van der Waals surface area contributed by atoms with Crippen LogP contribution in [0.2, 0.25) is 5.02 Å². The predicted molar refractivity (Wildman–Crippen MR) is 206 cm³/mol. The zero-order valence-electron chi connectivity index (χ0n) is 32.7. The molecule has 0 radical (unpaired) electrons. The molecule has 2 amide bonds. The molecular formula is C39H48ClF3N5O8S+. The van der Waals surface area contributed by atoms with Crippen molar-refractivity contribution in [2.45, 2.75) is 48.7 Å². The van der Waals surface area contributed by atoms with Crippen molar-refractivity contribution in [3.05, 3.63) is 76.3 Å². The quantitative estimate of drug-likeness (QED) is 0.194. The lowest BCUT2D eigenvalue weighted by Gasteiger charge is -2.48. The largest absolute Gasteiger partial charge is 0.573 e. The first kappa shape index (κ1) is 42.5. The number of benzene rings is 3. The van der Waals surface area contributed by atoms with Gasteiger partial charge in [-0.15, -0.1) is 13.2 Å². The van der Waals surface area contributed by atoms with Gasteiger partial charge in [-0.1, -0.05) is 23.2 Å². The van der Waals surface area contributed by atoms with Crippen LogP contribution in [0.1, 0.15) is 29.5 Å². The maximum atomic E-state index is 15.9. The summed E-state index contributed by atoms with van der Waals surface area (Å²) in [6.45, 7) is 6.86. The number of fused-ring (bicyclic) bond motifs is 1. The standard InChI is InChI=1S/C39H47ClF3N5O8S/c1-25-8-12-33(54-6)30(20-25)38(48(4)24-28(22-32(48)36(49)44-2)55-19-7-14-46-17-15-45(3)16-18-46)29-21-26(40)9-11-31(29)47(37(38)50)57(51,52)35-13-10-27(53-5)23-34(35)56-39(41,42)43/h8-13,20-21,23,28,32H,7,14-19,22,24H2,1-6H3/p+1/t28-,32+,38?,48?/m1/s1. The summed E-state index contributed by atoms with van der Waals surface area (Å²) in [5.41, 5.74) is -1.25. The Hall–Kier alpha value is -4.13. The minimum Gasteiger partial charge on any atom is -0.497 e. The number of anilines is 1. The van der Waals surface area contributed by atoms with E-state index in [1.54, 1.807) is 32.2 Å². The van der Waals surface area contributed by atoms with Crippen molar-refractivity contribution in [2.75, 3.05) is 85.5 Å². The van der Waals surface area contributed by atoms with Crippen molar-refractivity contribution in [2.24, 2.45) is 0 Å². The molecule has 2 fully saturated rings. The summed E-state index contributed by atoms with van der Waals surface area (Å²) < 4.78 is 93.0. The van der Waals surface area contributed by atoms with Crippen molar-refractivity contribution in [1.29, 1.82) is 0 Å². The van der Waals surface area contributed by atoms with Crippen molar-refractivity contribution >= 4 is 39.1 Å². The fraction of sp³-hybridized carbons (Fsp3) is 0.487. The number of nitrogens with one attached hydrogen (secondary N) is 1. The van der Waals surface area contributed by atoms with Crippen LogP contribution in [0.4, 0.5) is 18.9 Å². The Labute approximate surface area is 335 Å². The van der Waals surface area contributed by atoms with Gasteiger partial charge in [-0.25, -0.2) is 8.42 Å². The third-order valence-corrected chi connectivity index (χ3v) is 13.3. The number of alkyl halides is 3. The number of amides is 2. The molecule has 18 heteroatoms. The van der Waals surface area contributed by atoms with Crippen LogP contribution in [0, 0.1) is 6.92 Å². The molecule has 3 aliphatic rings. The number of hydrogen-bond acceptors (Lipinski definition) is 10. The van der Waals surface area contributed by atoms with Crippen LogP contribution in [0.25, 0.3) is 0 Å². The lowest BCUT2D eigenvalue weighted by atomic mass is 9.78. The number of nitrogens with zero attached hydrogens (tertiary/aromatic N) is 4. The van der Waals surface area contributed by atoms with Crippen LogP contribution in [0.3, 0.4) is 0 Å². The van der Waals surface area contributed by atoms with Gasteiger partial charge in [0.05, 0.1) is 38.1 Å². The zero-order chi connectivity index (χ0) is 41.5. The van der Waals surface area contributed by atoms with E-state index in [4.69, 9.17) is 25.8 Å². The first-order chi connectivity index (χ1) is 26.9. The molecule has 4 atom stereocenters. The molecule has 0 bridgehead atoms. The van der Waals surface area contributed by atoms with E-state index in [9.17, 15) is 26.4 Å². The second-order valence-electron chi connectivity index (χ2n) is 14.8. The molecule has 3 aromatic rings. The number of halogens is 4. The Morgan fingerprint density at radius 2 is 1.72 bits per heavy atom. The van der Waals surface area contributed by atoms with E-state index in [2.05, 4.69) is 26.9 Å². The number of likely N-dealkylation sites (tertiary alicyclic amines) is 1. The number of aryl methyl sites for hydroxylation is 1. The number of piperazine rings is 1. The molecule has 3 heterocycles. The Morgan fingerprint density at radius 3 is 2.37 bits per heavy atom. The highest BCUT2D eigenvalue weighted by atomic mass is 35.5. The Kier molecular flexibility index (Phi) is 12.1. The monoisotopic (exact) mass is 838 g/mol. The Balaban J connectivity index is 1.53. The average molecular weight is 839 g/mol. The molecule has 310 valence electrons. The maximum absolute atomic E-state index is 15.9. The molecule has 1 N–H and O–H groups in total. The van der Waals surface area contributed by atoms with Crippen LogP contribution in [0.15, 0.2) is 59.5 Å². The van der Waals surface area contributed by atoms with Gasteiger partial charge in [0, 0.05) is 63.9 Å². The normalized spacial score (nSPS) is 24.4. The summed E-state index contributed by atoms with van der Waals surface area (Å²) in [7, 11) is 2.63. The van der Waals surface area contributed by atoms with Gasteiger partial charge in [0.15, 0.2) is 11.8 Å². The highest BCUT2D eigenvalue weighted by Gasteiger charge is 2.72. The average Bonchev–Trinajstić information content (AvgIpc) is 3.64. The van der Waals surface area contributed by atoms with Gasteiger partial charge in [-0.2, -0.15) is 4.31 Å². The van der Waals surface area contributed by atoms with Crippen LogP contribution >= 0.6 is 11.6 Å². The number of quaternary nitrogens is 1. The molecule has 0 saturated carbocycles. The summed E-state index contributed by atoms with van der Waals surface area (Å²) in [5, 5.41) is 2.87. The van der Waals surface area contributed by atoms with Gasteiger partial charge in [-0.3, -0.25) is 14.1 Å². The van der Waals surface area contributed by atoms with Crippen molar-refractivity contribution < 1.29 is 54.6 Å². The number of hydrogen-bond donors (Lipinski definition) is 1. The van der Waals surface area contributed by atoms with Gasteiger partial charge in [0.25, 0.3) is 15.9 Å². The van der Waals surface area contributed by atoms with Crippen LogP contribution in [-0.2, 0) is 29.9 Å². The highest BCUT2D eigenvalue weighted by Crippen LogP contribution is 2.58. The minimum atomic E-state index is -5.30. The van der Waals surface area contributed by atoms with Crippen LogP contribution in [-0.4, -0.2) is 134 Å². The Morgan fingerprint density at radius 1 is 1.00 bits per heavy atom. The summed E-state index contributed by atoms with van der Waals surface area (Å²) >= 11 is 6.68. The number of sulfonamides is 1. The zero-order valence-corrected chi connectivity index (χ0v) is 34.3. The summed E-state index contributed by atoms with van der Waals surface area (Å²) in [5.74, 6) is -2.52. The molecule has 2 unspecified atom stereocenters. The summed E-state index contributed by atoms with van der Waals surface area (Å²) in [4.78, 5) is 33.7. The van der Waals surface area contributed by atoms with Gasteiger partial charge in [0.1, 0.15) is 29.0 Å². The summed E-state index contributed by atoms with van der Waals surface area (Å²) in [6, 6.07) is 11.1. The van der Waals surface area contributed by atoms with Crippen molar-refractivity contribution in [3.8, 4) is 17.2 Å². The maximum Gasteiger partial charge on any atom is 0.573 e. The van der Waals surface area contributed by atoms with Gasteiger partial charge in [0.2, 0.25) is 5.54 Å². The highest BCUT2D eigenvalue weighted by molar-refractivity contribution is 7.93. The van der Waals surface area contributed by atoms with E-state index in [0.717, 1.165) is 57.3 Å². The fourth-order valence-electron chi connectivity index (χ4n) is 8.59. The third kappa shape index (κ3) is 7.77. The smallest absolute Gasteiger partial charge is 0.497 e. The SMILES string of the molecule is CNC(=O)[C@@H]1C[C@@H](OCCCN2CCN(C)CC2)C[N+]1(C)C1(c2cc(C)ccc2OC)C(=O)N(S(=O)(=O)c2ccc(OC)cc2OC(F)(F)F)c2ccc(Cl)cc21. The number of methoxy groups -OCH3 is 2. The molecular weight excluding hydrogens is 791 g/mol. The second kappa shape index (κ2) is 16.3. The molecule has 3 aliphatic heterocycles. The number of rotatable bonds is 13.